The summed E-state index contributed by atoms with van der Waals surface area (Å²) >= 11 is 2.14. The maximum atomic E-state index is 12.1. The van der Waals surface area contributed by atoms with Gasteiger partial charge < -0.3 is 0 Å². The molecule has 0 saturated carbocycles. The van der Waals surface area contributed by atoms with Crippen molar-refractivity contribution in [2.24, 2.45) is 0 Å². The van der Waals surface area contributed by atoms with E-state index >= 15 is 0 Å². The average Bonchev–Trinajstić information content (AvgIpc) is 2.98. The van der Waals surface area contributed by atoms with Crippen molar-refractivity contribution in [1.82, 2.24) is 23.2 Å². The van der Waals surface area contributed by atoms with E-state index in [4.69, 9.17) is 0 Å². The third-order valence-electron chi connectivity index (χ3n) is 2.77. The number of aromatic nitrogens is 3. The third-order valence-corrected chi connectivity index (χ3v) is 6.25. The van der Waals surface area contributed by atoms with Gasteiger partial charge in [0.2, 0.25) is 0 Å². The van der Waals surface area contributed by atoms with Crippen LogP contribution in [0.4, 0.5) is 0 Å². The van der Waals surface area contributed by atoms with Gasteiger partial charge in [-0.3, -0.25) is 0 Å². The molecular formula is C11H14IN5O4S2. The molecule has 0 saturated heterocycles. The van der Waals surface area contributed by atoms with Crippen molar-refractivity contribution in [2.45, 2.75) is 11.7 Å². The van der Waals surface area contributed by atoms with Crippen LogP contribution in [0.3, 0.4) is 0 Å². The Morgan fingerprint density at radius 3 is 2.35 bits per heavy atom. The first-order valence-corrected chi connectivity index (χ1v) is 10.2. The summed E-state index contributed by atoms with van der Waals surface area (Å²) in [5.74, 6) is 0. The molecule has 0 amide bonds. The topological polar surface area (TPSA) is 114 Å². The summed E-state index contributed by atoms with van der Waals surface area (Å²) in [6.07, 6.45) is 0.842. The predicted octanol–water partition coefficient (Wildman–Crippen LogP) is 0.0157. The second-order valence-corrected chi connectivity index (χ2v) is 9.55. The number of halogens is 1. The molecule has 0 unspecified atom stereocenters. The largest absolute Gasteiger partial charge is 0.323 e. The molecule has 1 heterocycles. The molecule has 0 aliphatic heterocycles. The molecular weight excluding hydrogens is 457 g/mol. The molecule has 0 bridgehead atoms. The van der Waals surface area contributed by atoms with E-state index in [9.17, 15) is 16.8 Å². The molecule has 0 spiro atoms. The zero-order chi connectivity index (χ0) is 17.3. The Labute approximate surface area is 148 Å². The van der Waals surface area contributed by atoms with Gasteiger partial charge in [-0.15, -0.1) is 9.19 Å². The fourth-order valence-corrected chi connectivity index (χ4v) is 3.44. The van der Waals surface area contributed by atoms with Crippen LogP contribution < -0.4 is 4.72 Å². The maximum Gasteiger partial charge on any atom is 0.323 e. The highest BCUT2D eigenvalue weighted by Crippen LogP contribution is 2.09. The Bertz CT molecular complexity index is 891. The molecule has 126 valence electrons. The first-order chi connectivity index (χ1) is 10.6. The van der Waals surface area contributed by atoms with Crippen LogP contribution >= 0.6 is 22.6 Å². The van der Waals surface area contributed by atoms with Crippen LogP contribution in [0.25, 0.3) is 0 Å². The van der Waals surface area contributed by atoms with Crippen LogP contribution in [0, 0.1) is 3.57 Å². The number of nitrogens with one attached hydrogen (secondary N) is 1. The summed E-state index contributed by atoms with van der Waals surface area (Å²) < 4.78 is 52.7. The molecule has 2 aromatic rings. The molecule has 1 aromatic carbocycles. The first kappa shape index (κ1) is 18.3. The van der Waals surface area contributed by atoms with Gasteiger partial charge in [0.25, 0.3) is 15.2 Å². The number of nitrogens with zero attached hydrogens (tertiary/aromatic N) is 4. The van der Waals surface area contributed by atoms with Crippen molar-refractivity contribution in [1.29, 1.82) is 0 Å². The number of hydrogen-bond donors (Lipinski definition) is 1. The normalized spacial score (nSPS) is 12.7. The zero-order valence-electron chi connectivity index (χ0n) is 12.2. The minimum Gasteiger partial charge on any atom is -0.204 e. The zero-order valence-corrected chi connectivity index (χ0v) is 16.0. The van der Waals surface area contributed by atoms with Gasteiger partial charge in [-0.05, 0) is 40.3 Å². The Balaban J connectivity index is 2.17. The minimum absolute atomic E-state index is 0.0498. The molecule has 2 rings (SSSR count). The van der Waals surface area contributed by atoms with E-state index in [0.29, 0.717) is 4.09 Å². The molecule has 0 fully saturated rings. The van der Waals surface area contributed by atoms with E-state index in [1.165, 1.54) is 14.1 Å². The molecule has 0 aliphatic rings. The van der Waals surface area contributed by atoms with Crippen molar-refractivity contribution in [2.75, 3.05) is 14.1 Å². The van der Waals surface area contributed by atoms with Gasteiger partial charge in [0.05, 0.1) is 0 Å². The van der Waals surface area contributed by atoms with Crippen LogP contribution in [0.5, 0.6) is 0 Å². The van der Waals surface area contributed by atoms with Crippen molar-refractivity contribution in [3.8, 4) is 0 Å². The van der Waals surface area contributed by atoms with Gasteiger partial charge in [0.1, 0.15) is 6.33 Å². The monoisotopic (exact) mass is 471 g/mol. The van der Waals surface area contributed by atoms with Crippen LogP contribution in [0.15, 0.2) is 35.7 Å². The van der Waals surface area contributed by atoms with Gasteiger partial charge >= 0.3 is 10.2 Å². The Morgan fingerprint density at radius 2 is 1.78 bits per heavy atom. The third kappa shape index (κ3) is 4.26. The van der Waals surface area contributed by atoms with Crippen LogP contribution in [-0.4, -0.2) is 49.4 Å². The van der Waals surface area contributed by atoms with Crippen molar-refractivity contribution in [3.05, 3.63) is 39.7 Å². The molecule has 0 aliphatic carbocycles. The first-order valence-electron chi connectivity index (χ1n) is 6.22. The van der Waals surface area contributed by atoms with Crippen LogP contribution in [-0.2, 0) is 26.8 Å². The predicted molar refractivity (Wildman–Crippen MR) is 91.2 cm³/mol. The second-order valence-electron chi connectivity index (χ2n) is 4.64. The molecule has 0 atom stereocenters. The lowest BCUT2D eigenvalue weighted by molar-refractivity contribution is 0.502. The Hall–Kier alpha value is -1.09. The standard InChI is InChI=1S/C11H14IN5O4S2/c1-16(2)23(20,21)17-8-13-11(15-17)22(18,19)14-7-9-3-5-10(12)6-4-9/h3-6,8,14H,7H2,1-2H3. The van der Waals surface area contributed by atoms with Gasteiger partial charge in [0.15, 0.2) is 0 Å². The van der Waals surface area contributed by atoms with E-state index in [1.54, 1.807) is 12.1 Å². The van der Waals surface area contributed by atoms with Gasteiger partial charge in [-0.25, -0.2) is 18.1 Å². The summed E-state index contributed by atoms with van der Waals surface area (Å²) in [7, 11) is -5.30. The highest BCUT2D eigenvalue weighted by atomic mass is 127. The molecule has 9 nitrogen and oxygen atoms in total. The lowest BCUT2D eigenvalue weighted by atomic mass is 10.2. The number of sulfonamides is 1. The maximum absolute atomic E-state index is 12.1. The SMILES string of the molecule is CN(C)S(=O)(=O)n1cnc(S(=O)(=O)NCc2ccc(I)cc2)n1. The molecule has 1 N–H and O–H groups in total. The fraction of sp³-hybridized carbons (Fsp3) is 0.273. The molecule has 1 aromatic heterocycles. The molecule has 12 heteroatoms. The minimum atomic E-state index is -4.01. The van der Waals surface area contributed by atoms with Gasteiger partial charge in [0, 0.05) is 24.2 Å². The molecule has 23 heavy (non-hydrogen) atoms. The number of benzene rings is 1. The van der Waals surface area contributed by atoms with E-state index in [1.807, 2.05) is 12.1 Å². The van der Waals surface area contributed by atoms with Crippen molar-refractivity contribution in [3.63, 3.8) is 0 Å². The van der Waals surface area contributed by atoms with Crippen LogP contribution in [0.2, 0.25) is 0 Å². The molecule has 0 radical (unpaired) electrons. The Morgan fingerprint density at radius 1 is 1.17 bits per heavy atom. The summed E-state index contributed by atoms with van der Waals surface area (Å²) in [4.78, 5) is 3.56. The Kier molecular flexibility index (Phi) is 5.40. The van der Waals surface area contributed by atoms with Crippen LogP contribution in [0.1, 0.15) is 5.56 Å². The summed E-state index contributed by atoms with van der Waals surface area (Å²) in [5, 5.41) is 2.92. The van der Waals surface area contributed by atoms with E-state index in [0.717, 1.165) is 19.8 Å². The van der Waals surface area contributed by atoms with Gasteiger partial charge in [-0.1, -0.05) is 12.1 Å². The fourth-order valence-electron chi connectivity index (χ4n) is 1.48. The summed E-state index contributed by atoms with van der Waals surface area (Å²) in [6, 6.07) is 7.27. The lowest BCUT2D eigenvalue weighted by Crippen LogP contribution is -2.30. The van der Waals surface area contributed by atoms with E-state index in [2.05, 4.69) is 37.4 Å². The van der Waals surface area contributed by atoms with E-state index in [-0.39, 0.29) is 6.54 Å². The average molecular weight is 471 g/mol. The number of rotatable bonds is 6. The highest BCUT2D eigenvalue weighted by Gasteiger charge is 2.24. The van der Waals surface area contributed by atoms with E-state index < -0.39 is 25.4 Å². The van der Waals surface area contributed by atoms with Gasteiger partial charge in [-0.2, -0.15) is 12.7 Å². The highest BCUT2D eigenvalue weighted by molar-refractivity contribution is 14.1. The second kappa shape index (κ2) is 6.80. The summed E-state index contributed by atoms with van der Waals surface area (Å²) in [5.41, 5.74) is 0.759. The van der Waals surface area contributed by atoms with Crippen molar-refractivity contribution < 1.29 is 16.8 Å². The summed E-state index contributed by atoms with van der Waals surface area (Å²) in [6.45, 7) is 0.0498. The van der Waals surface area contributed by atoms with Crippen molar-refractivity contribution >= 4 is 42.8 Å². The number of hydrogen-bond acceptors (Lipinski definition) is 6. The smallest absolute Gasteiger partial charge is 0.204 e. The quantitative estimate of drug-likeness (QED) is 0.595. The lowest BCUT2D eigenvalue weighted by Gasteiger charge is -2.09.